The number of ether oxygens (including phenoxy) is 1. The first-order chi connectivity index (χ1) is 9.78. The van der Waals surface area contributed by atoms with Crippen LogP contribution in [0.1, 0.15) is 47.0 Å². The molecule has 1 amide bonds. The molecular formula is C16H30N2O3. The molecule has 0 aromatic heterocycles. The van der Waals surface area contributed by atoms with Gasteiger partial charge in [0.05, 0.1) is 6.10 Å². The minimum Gasteiger partial charge on any atom is -0.444 e. The number of amides is 1. The van der Waals surface area contributed by atoms with Crippen LogP contribution < -0.4 is 5.32 Å². The number of hydrogen-bond donors (Lipinski definition) is 2. The topological polar surface area (TPSA) is 61.8 Å². The normalized spacial score (nSPS) is 31.0. The van der Waals surface area contributed by atoms with Crippen LogP contribution in [0.15, 0.2) is 0 Å². The Morgan fingerprint density at radius 2 is 2.10 bits per heavy atom. The number of carbonyl (C=O) groups excluding carboxylic acids is 1. The van der Waals surface area contributed by atoms with Crippen molar-refractivity contribution >= 4 is 6.09 Å². The van der Waals surface area contributed by atoms with Crippen molar-refractivity contribution in [2.45, 2.75) is 64.7 Å². The summed E-state index contributed by atoms with van der Waals surface area (Å²) in [6.45, 7) is 10.4. The Labute approximate surface area is 128 Å². The monoisotopic (exact) mass is 298 g/mol. The zero-order chi connectivity index (χ0) is 15.6. The standard InChI is InChI=1S/C16H30N2O3/c1-5-12(19)9-18-8-11-6-7-14(13(11)10-18)17-15(20)21-16(2,3)4/h11-14,19H,5-10H2,1-4H3,(H,17,20)/t11-,12+,13-,14-/m0/s1. The number of carbonyl (C=O) groups is 1. The molecule has 5 nitrogen and oxygen atoms in total. The number of rotatable bonds is 4. The van der Waals surface area contributed by atoms with E-state index in [9.17, 15) is 9.90 Å². The van der Waals surface area contributed by atoms with Gasteiger partial charge < -0.3 is 20.1 Å². The van der Waals surface area contributed by atoms with Crippen LogP contribution in [-0.2, 0) is 4.74 Å². The van der Waals surface area contributed by atoms with E-state index in [1.54, 1.807) is 0 Å². The second-order valence-electron chi connectivity index (χ2n) is 7.53. The Morgan fingerprint density at radius 1 is 1.38 bits per heavy atom. The maximum atomic E-state index is 11.9. The summed E-state index contributed by atoms with van der Waals surface area (Å²) in [4.78, 5) is 14.3. The molecular weight excluding hydrogens is 268 g/mol. The van der Waals surface area contributed by atoms with Crippen molar-refractivity contribution in [3.8, 4) is 0 Å². The van der Waals surface area contributed by atoms with Crippen LogP contribution in [0, 0.1) is 11.8 Å². The molecule has 4 atom stereocenters. The van der Waals surface area contributed by atoms with Crippen molar-refractivity contribution < 1.29 is 14.6 Å². The third-order valence-electron chi connectivity index (χ3n) is 4.57. The molecule has 0 aromatic rings. The molecule has 2 rings (SSSR count). The van der Waals surface area contributed by atoms with Crippen LogP contribution in [0.5, 0.6) is 0 Å². The van der Waals surface area contributed by atoms with Gasteiger partial charge in [-0.05, 0) is 51.9 Å². The van der Waals surface area contributed by atoms with Gasteiger partial charge in [-0.1, -0.05) is 6.92 Å². The molecule has 1 saturated carbocycles. The molecule has 0 spiro atoms. The molecule has 1 heterocycles. The molecule has 2 N–H and O–H groups in total. The van der Waals surface area contributed by atoms with Crippen LogP contribution >= 0.6 is 0 Å². The second-order valence-corrected chi connectivity index (χ2v) is 7.53. The number of hydrogen-bond acceptors (Lipinski definition) is 4. The van der Waals surface area contributed by atoms with Crippen molar-refractivity contribution in [1.82, 2.24) is 10.2 Å². The lowest BCUT2D eigenvalue weighted by Gasteiger charge is -2.25. The minimum absolute atomic E-state index is 0.216. The highest BCUT2D eigenvalue weighted by molar-refractivity contribution is 5.68. The van der Waals surface area contributed by atoms with E-state index in [0.717, 1.165) is 38.9 Å². The highest BCUT2D eigenvalue weighted by Crippen LogP contribution is 2.38. The van der Waals surface area contributed by atoms with E-state index in [1.165, 1.54) is 0 Å². The van der Waals surface area contributed by atoms with Gasteiger partial charge in [-0.3, -0.25) is 0 Å². The molecule has 21 heavy (non-hydrogen) atoms. The van der Waals surface area contributed by atoms with Crippen molar-refractivity contribution in [2.75, 3.05) is 19.6 Å². The van der Waals surface area contributed by atoms with E-state index in [4.69, 9.17) is 4.74 Å². The fraction of sp³-hybridized carbons (Fsp3) is 0.938. The fourth-order valence-corrected chi connectivity index (χ4v) is 3.57. The summed E-state index contributed by atoms with van der Waals surface area (Å²) in [7, 11) is 0. The molecule has 2 fully saturated rings. The summed E-state index contributed by atoms with van der Waals surface area (Å²) in [6, 6.07) is 0.216. The van der Waals surface area contributed by atoms with E-state index >= 15 is 0 Å². The highest BCUT2D eigenvalue weighted by Gasteiger charge is 2.43. The summed E-state index contributed by atoms with van der Waals surface area (Å²) in [6.07, 6.45) is 2.45. The van der Waals surface area contributed by atoms with E-state index in [0.29, 0.717) is 11.8 Å². The zero-order valence-corrected chi connectivity index (χ0v) is 13.8. The summed E-state index contributed by atoms with van der Waals surface area (Å²) in [5.41, 5.74) is -0.449. The van der Waals surface area contributed by atoms with Crippen molar-refractivity contribution in [2.24, 2.45) is 11.8 Å². The van der Waals surface area contributed by atoms with Gasteiger partial charge in [-0.15, -0.1) is 0 Å². The van der Waals surface area contributed by atoms with E-state index in [-0.39, 0.29) is 18.2 Å². The quantitative estimate of drug-likeness (QED) is 0.833. The Bertz CT molecular complexity index is 367. The van der Waals surface area contributed by atoms with Crippen molar-refractivity contribution in [1.29, 1.82) is 0 Å². The SMILES string of the molecule is CC[C@@H](O)CN1C[C@@H]2CC[C@H](NC(=O)OC(C)(C)C)[C@H]2C1. The van der Waals surface area contributed by atoms with Crippen molar-refractivity contribution in [3.63, 3.8) is 0 Å². The lowest BCUT2D eigenvalue weighted by Crippen LogP contribution is -2.42. The van der Waals surface area contributed by atoms with Gasteiger partial charge in [0, 0.05) is 25.7 Å². The van der Waals surface area contributed by atoms with Crippen LogP contribution in [-0.4, -0.2) is 53.5 Å². The number of fused-ring (bicyclic) bond motifs is 1. The number of nitrogens with zero attached hydrogens (tertiary/aromatic N) is 1. The maximum Gasteiger partial charge on any atom is 0.407 e. The average molecular weight is 298 g/mol. The first-order valence-corrected chi connectivity index (χ1v) is 8.18. The molecule has 0 radical (unpaired) electrons. The summed E-state index contributed by atoms with van der Waals surface area (Å²) in [5, 5.41) is 12.8. The maximum absolute atomic E-state index is 11.9. The summed E-state index contributed by atoms with van der Waals surface area (Å²) in [5.74, 6) is 1.15. The van der Waals surface area contributed by atoms with E-state index < -0.39 is 5.60 Å². The zero-order valence-electron chi connectivity index (χ0n) is 13.8. The van der Waals surface area contributed by atoms with E-state index in [1.807, 2.05) is 27.7 Å². The summed E-state index contributed by atoms with van der Waals surface area (Å²) < 4.78 is 5.35. The largest absolute Gasteiger partial charge is 0.444 e. The second kappa shape index (κ2) is 6.53. The molecule has 122 valence electrons. The summed E-state index contributed by atoms with van der Waals surface area (Å²) >= 11 is 0. The molecule has 5 heteroatoms. The minimum atomic E-state index is -0.449. The first kappa shape index (κ1) is 16.6. The third kappa shape index (κ3) is 4.58. The van der Waals surface area contributed by atoms with Crippen molar-refractivity contribution in [3.05, 3.63) is 0 Å². The highest BCUT2D eigenvalue weighted by atomic mass is 16.6. The third-order valence-corrected chi connectivity index (χ3v) is 4.57. The van der Waals surface area contributed by atoms with Gasteiger partial charge >= 0.3 is 6.09 Å². The Kier molecular flexibility index (Phi) is 5.15. The number of aliphatic hydroxyl groups is 1. The average Bonchev–Trinajstić information content (AvgIpc) is 2.88. The predicted molar refractivity (Wildman–Crippen MR) is 82.1 cm³/mol. The van der Waals surface area contributed by atoms with Gasteiger partial charge in [0.1, 0.15) is 5.60 Å². The fourth-order valence-electron chi connectivity index (χ4n) is 3.57. The number of aliphatic hydroxyl groups excluding tert-OH is 1. The van der Waals surface area contributed by atoms with Gasteiger partial charge in [-0.2, -0.15) is 0 Å². The van der Waals surface area contributed by atoms with Crippen LogP contribution in [0.4, 0.5) is 4.79 Å². The smallest absolute Gasteiger partial charge is 0.407 e. The molecule has 0 unspecified atom stereocenters. The van der Waals surface area contributed by atoms with E-state index in [2.05, 4.69) is 10.2 Å². The Balaban J connectivity index is 1.83. The molecule has 1 aliphatic heterocycles. The number of nitrogens with one attached hydrogen (secondary N) is 1. The molecule has 0 aromatic carbocycles. The predicted octanol–water partition coefficient (Wildman–Crippen LogP) is 1.99. The molecule has 2 aliphatic rings. The number of β-amino-alcohol motifs (C(OH)–C–C–N with tert-alkyl or cyclic N) is 1. The molecule has 1 saturated heterocycles. The first-order valence-electron chi connectivity index (χ1n) is 8.18. The molecule has 0 bridgehead atoms. The van der Waals surface area contributed by atoms with Crippen LogP contribution in [0.3, 0.4) is 0 Å². The van der Waals surface area contributed by atoms with Gasteiger partial charge in [-0.25, -0.2) is 4.79 Å². The van der Waals surface area contributed by atoms with Crippen LogP contribution in [0.25, 0.3) is 0 Å². The number of likely N-dealkylation sites (tertiary alicyclic amines) is 1. The lowest BCUT2D eigenvalue weighted by atomic mass is 9.98. The lowest BCUT2D eigenvalue weighted by molar-refractivity contribution is 0.0489. The Hall–Kier alpha value is -0.810. The van der Waals surface area contributed by atoms with Gasteiger partial charge in [0.15, 0.2) is 0 Å². The number of alkyl carbamates (subject to hydrolysis) is 1. The van der Waals surface area contributed by atoms with Gasteiger partial charge in [0.25, 0.3) is 0 Å². The molecule has 1 aliphatic carbocycles. The Morgan fingerprint density at radius 3 is 2.71 bits per heavy atom. The van der Waals surface area contributed by atoms with Gasteiger partial charge in [0.2, 0.25) is 0 Å². The van der Waals surface area contributed by atoms with Crippen LogP contribution in [0.2, 0.25) is 0 Å².